The Kier molecular flexibility index (Phi) is 12.6. The molecule has 0 saturated carbocycles. The van der Waals surface area contributed by atoms with Gasteiger partial charge in [-0.2, -0.15) is 0 Å². The Morgan fingerprint density at radius 3 is 2.06 bits per heavy atom. The van der Waals surface area contributed by atoms with Crippen LogP contribution in [0.3, 0.4) is 0 Å². The lowest BCUT2D eigenvalue weighted by atomic mass is 10.1. The molecule has 15 nitrogen and oxygen atoms in total. The first-order valence-corrected chi connectivity index (χ1v) is 12.2. The third kappa shape index (κ3) is 9.60. The summed E-state index contributed by atoms with van der Waals surface area (Å²) in [6, 6.07) is -6.84. The number of thioether (sulfide) groups is 1. The van der Waals surface area contributed by atoms with Crippen molar-refractivity contribution in [2.75, 3.05) is 19.0 Å². The molecule has 10 N–H and O–H groups in total. The molecule has 0 aromatic carbocycles. The highest BCUT2D eigenvalue weighted by molar-refractivity contribution is 8.00. The van der Waals surface area contributed by atoms with Gasteiger partial charge in [0.05, 0.1) is 31.7 Å². The zero-order valence-electron chi connectivity index (χ0n) is 20.1. The van der Waals surface area contributed by atoms with Crippen LogP contribution in [0.5, 0.6) is 0 Å². The number of hydrogen-bond donors (Lipinski definition) is 9. The first-order chi connectivity index (χ1) is 16.8. The van der Waals surface area contributed by atoms with Gasteiger partial charge < -0.3 is 47.6 Å². The Morgan fingerprint density at radius 2 is 1.56 bits per heavy atom. The predicted octanol–water partition coefficient (Wildman–Crippen LogP) is -4.63. The fourth-order valence-electron chi connectivity index (χ4n) is 3.21. The molecule has 1 aliphatic rings. The van der Waals surface area contributed by atoms with E-state index >= 15 is 0 Å². The summed E-state index contributed by atoms with van der Waals surface area (Å²) in [5, 5.41) is 39.9. The largest absolute Gasteiger partial charge is 0.480 e. The minimum atomic E-state index is -1.53. The van der Waals surface area contributed by atoms with Crippen molar-refractivity contribution in [1.82, 2.24) is 26.6 Å². The molecule has 36 heavy (non-hydrogen) atoms. The molecule has 0 aromatic rings. The van der Waals surface area contributed by atoms with E-state index in [4.69, 9.17) is 5.73 Å². The zero-order chi connectivity index (χ0) is 27.6. The number of nitrogens with two attached hydrogens (primary N) is 1. The highest BCUT2D eigenvalue weighted by atomic mass is 32.2. The fourth-order valence-corrected chi connectivity index (χ4v) is 4.39. The standard InChI is InChI=1S/C20H34N6O9S/c1-8(2)22-13-7-36-15(20(34)35)11(5-27)25-17(31)10(4-14(21)29)24-16(30)9(3)23-18(32)12(6-28)26-19(13)33/h8-13,15,22,27-28H,4-7H2,1-3H3,(H2,21,29)(H,23,32)(H,24,30)(H,25,31)(H,26,33)(H,34,35)/t9?,10?,11?,12?,13-,15?/m0/s1. The van der Waals surface area contributed by atoms with Gasteiger partial charge >= 0.3 is 5.97 Å². The highest BCUT2D eigenvalue weighted by Gasteiger charge is 2.36. The average Bonchev–Trinajstić information content (AvgIpc) is 2.78. The van der Waals surface area contributed by atoms with Crippen molar-refractivity contribution in [3.8, 4) is 0 Å². The van der Waals surface area contributed by atoms with E-state index in [9.17, 15) is 44.1 Å². The highest BCUT2D eigenvalue weighted by Crippen LogP contribution is 2.18. The van der Waals surface area contributed by atoms with Crippen LogP contribution in [-0.2, 0) is 28.8 Å². The van der Waals surface area contributed by atoms with Crippen LogP contribution in [0.15, 0.2) is 0 Å². The number of carbonyl (C=O) groups is 6. The minimum absolute atomic E-state index is 0.148. The molecule has 204 valence electrons. The van der Waals surface area contributed by atoms with Gasteiger partial charge in [-0.25, -0.2) is 0 Å². The number of carbonyl (C=O) groups excluding carboxylic acids is 5. The number of amides is 5. The van der Waals surface area contributed by atoms with E-state index in [1.54, 1.807) is 13.8 Å². The molecule has 16 heteroatoms. The van der Waals surface area contributed by atoms with E-state index in [-0.39, 0.29) is 11.8 Å². The first kappa shape index (κ1) is 31.1. The number of primary amides is 1. The Balaban J connectivity index is 3.41. The van der Waals surface area contributed by atoms with Gasteiger partial charge in [0.2, 0.25) is 29.5 Å². The van der Waals surface area contributed by atoms with Gasteiger partial charge in [-0.1, -0.05) is 13.8 Å². The maximum absolute atomic E-state index is 12.9. The Bertz CT molecular complexity index is 842. The number of carboxylic acids is 1. The van der Waals surface area contributed by atoms with E-state index in [1.807, 2.05) is 0 Å². The van der Waals surface area contributed by atoms with E-state index < -0.39 is 90.6 Å². The summed E-state index contributed by atoms with van der Waals surface area (Å²) < 4.78 is 0. The van der Waals surface area contributed by atoms with Crippen LogP contribution in [0.4, 0.5) is 0 Å². The van der Waals surface area contributed by atoms with Gasteiger partial charge in [0.25, 0.3) is 0 Å². The van der Waals surface area contributed by atoms with Crippen LogP contribution < -0.4 is 32.3 Å². The molecule has 1 fully saturated rings. The molecule has 5 unspecified atom stereocenters. The molecule has 1 rings (SSSR count). The van der Waals surface area contributed by atoms with Crippen molar-refractivity contribution < 1.29 is 44.1 Å². The maximum atomic E-state index is 12.9. The smallest absolute Gasteiger partial charge is 0.318 e. The van der Waals surface area contributed by atoms with Crippen molar-refractivity contribution in [1.29, 1.82) is 0 Å². The van der Waals surface area contributed by atoms with Crippen LogP contribution in [0.25, 0.3) is 0 Å². The van der Waals surface area contributed by atoms with Crippen LogP contribution >= 0.6 is 11.8 Å². The van der Waals surface area contributed by atoms with Crippen LogP contribution in [-0.4, -0.2) is 111 Å². The van der Waals surface area contributed by atoms with Gasteiger partial charge in [0.15, 0.2) is 0 Å². The number of aliphatic carboxylic acids is 1. The molecule has 0 aliphatic carbocycles. The number of aliphatic hydroxyl groups excluding tert-OH is 2. The fraction of sp³-hybridized carbons (Fsp3) is 0.700. The average molecular weight is 535 g/mol. The van der Waals surface area contributed by atoms with Gasteiger partial charge in [-0.3, -0.25) is 28.8 Å². The van der Waals surface area contributed by atoms with Crippen molar-refractivity contribution in [2.24, 2.45) is 5.73 Å². The topological polar surface area (TPSA) is 249 Å². The second-order valence-corrected chi connectivity index (χ2v) is 9.64. The van der Waals surface area contributed by atoms with Crippen LogP contribution in [0, 0.1) is 0 Å². The molecule has 5 amide bonds. The van der Waals surface area contributed by atoms with Gasteiger partial charge in [-0.15, -0.1) is 11.8 Å². The second-order valence-electron chi connectivity index (χ2n) is 8.47. The molecule has 6 atom stereocenters. The summed E-state index contributed by atoms with van der Waals surface area (Å²) >= 11 is 0.740. The lowest BCUT2D eigenvalue weighted by Crippen LogP contribution is -2.60. The molecule has 1 saturated heterocycles. The summed E-state index contributed by atoms with van der Waals surface area (Å²) in [4.78, 5) is 74.2. The Hall–Kier alpha value is -2.95. The Morgan fingerprint density at radius 1 is 0.972 bits per heavy atom. The normalized spacial score (nSPS) is 29.1. The van der Waals surface area contributed by atoms with Gasteiger partial charge in [-0.05, 0) is 6.92 Å². The minimum Gasteiger partial charge on any atom is -0.480 e. The molecular formula is C20H34N6O9S. The summed E-state index contributed by atoms with van der Waals surface area (Å²) in [5.41, 5.74) is 5.17. The van der Waals surface area contributed by atoms with Crippen molar-refractivity contribution in [3.05, 3.63) is 0 Å². The van der Waals surface area contributed by atoms with E-state index in [2.05, 4.69) is 26.6 Å². The SMILES string of the molecule is CC(C)N[C@H]1CSC(C(=O)O)C(CO)NC(=O)C(CC(N)=O)NC(=O)C(C)NC(=O)C(CO)NC1=O. The summed E-state index contributed by atoms with van der Waals surface area (Å²) in [5.74, 6) is -5.99. The Labute approximate surface area is 211 Å². The lowest BCUT2D eigenvalue weighted by molar-refractivity contribution is -0.138. The molecule has 1 aliphatic heterocycles. The molecule has 0 spiro atoms. The third-order valence-corrected chi connectivity index (χ3v) is 6.45. The van der Waals surface area contributed by atoms with Crippen molar-refractivity contribution in [2.45, 2.75) is 68.7 Å². The second kappa shape index (κ2) is 14.6. The summed E-state index contributed by atoms with van der Waals surface area (Å²) in [6.07, 6.45) is -0.642. The predicted molar refractivity (Wildman–Crippen MR) is 127 cm³/mol. The zero-order valence-corrected chi connectivity index (χ0v) is 21.0. The van der Waals surface area contributed by atoms with Gasteiger partial charge in [0.1, 0.15) is 23.4 Å². The quantitative estimate of drug-likeness (QED) is 0.150. The van der Waals surface area contributed by atoms with Gasteiger partial charge in [0, 0.05) is 11.8 Å². The number of carboxylic acid groups (broad SMARTS) is 1. The summed E-state index contributed by atoms with van der Waals surface area (Å²) in [7, 11) is 0. The van der Waals surface area contributed by atoms with E-state index in [0.717, 1.165) is 11.8 Å². The molecule has 0 bridgehead atoms. The summed E-state index contributed by atoms with van der Waals surface area (Å²) in [6.45, 7) is 3.13. The third-order valence-electron chi connectivity index (χ3n) is 5.03. The first-order valence-electron chi connectivity index (χ1n) is 11.1. The molecular weight excluding hydrogens is 500 g/mol. The monoisotopic (exact) mass is 534 g/mol. The lowest BCUT2D eigenvalue weighted by Gasteiger charge is -2.29. The molecule has 0 radical (unpaired) electrons. The number of hydrogen-bond acceptors (Lipinski definition) is 10. The molecule has 1 heterocycles. The number of aliphatic hydroxyl groups is 2. The van der Waals surface area contributed by atoms with Crippen molar-refractivity contribution in [3.63, 3.8) is 0 Å². The molecule has 0 aromatic heterocycles. The van der Waals surface area contributed by atoms with Crippen LogP contribution in [0.1, 0.15) is 27.2 Å². The van der Waals surface area contributed by atoms with Crippen LogP contribution in [0.2, 0.25) is 0 Å². The van der Waals surface area contributed by atoms with E-state index in [0.29, 0.717) is 0 Å². The maximum Gasteiger partial charge on any atom is 0.318 e. The van der Waals surface area contributed by atoms with Crippen molar-refractivity contribution >= 4 is 47.3 Å². The number of rotatable bonds is 7. The van der Waals surface area contributed by atoms with E-state index in [1.165, 1.54) is 6.92 Å². The number of nitrogens with one attached hydrogen (secondary N) is 5.